The number of benzene rings is 1. The van der Waals surface area contributed by atoms with Crippen LogP contribution < -0.4 is 4.74 Å². The van der Waals surface area contributed by atoms with E-state index in [1.807, 2.05) is 39.0 Å². The molecule has 0 amide bonds. The van der Waals surface area contributed by atoms with Gasteiger partial charge in [0.15, 0.2) is 5.78 Å². The van der Waals surface area contributed by atoms with Crippen molar-refractivity contribution in [2.75, 3.05) is 13.2 Å². The van der Waals surface area contributed by atoms with Crippen LogP contribution in [0.25, 0.3) is 0 Å². The lowest BCUT2D eigenvalue weighted by atomic mass is 9.93. The van der Waals surface area contributed by atoms with Crippen molar-refractivity contribution in [2.24, 2.45) is 0 Å². The van der Waals surface area contributed by atoms with Crippen LogP contribution in [-0.2, 0) is 9.53 Å². The van der Waals surface area contributed by atoms with Crippen molar-refractivity contribution in [1.29, 1.82) is 0 Å². The summed E-state index contributed by atoms with van der Waals surface area (Å²) in [7, 11) is 0. The quantitative estimate of drug-likeness (QED) is 0.377. The van der Waals surface area contributed by atoms with Gasteiger partial charge in [-0.2, -0.15) is 0 Å². The fourth-order valence-electron chi connectivity index (χ4n) is 2.39. The highest BCUT2D eigenvalue weighted by atomic mass is 16.5. The maximum absolute atomic E-state index is 12.5. The van der Waals surface area contributed by atoms with Gasteiger partial charge in [-0.05, 0) is 49.9 Å². The Morgan fingerprint density at radius 3 is 2.50 bits per heavy atom. The topological polar surface area (TPSA) is 52.6 Å². The smallest absolute Gasteiger partial charge is 0.306 e. The summed E-state index contributed by atoms with van der Waals surface area (Å²) in [4.78, 5) is 24.1. The van der Waals surface area contributed by atoms with Crippen LogP contribution in [0.3, 0.4) is 0 Å². The number of allylic oxidation sites excluding steroid dienone is 1. The van der Waals surface area contributed by atoms with Gasteiger partial charge < -0.3 is 9.47 Å². The fourth-order valence-corrected chi connectivity index (χ4v) is 2.39. The summed E-state index contributed by atoms with van der Waals surface area (Å²) in [6, 6.07) is 3.81. The third kappa shape index (κ3) is 5.84. The molecule has 0 saturated carbocycles. The molecule has 0 aliphatic rings. The number of carbonyl (C=O) groups is 2. The summed E-state index contributed by atoms with van der Waals surface area (Å²) in [5.41, 5.74) is 2.54. The van der Waals surface area contributed by atoms with Crippen molar-refractivity contribution in [1.82, 2.24) is 0 Å². The van der Waals surface area contributed by atoms with E-state index < -0.39 is 0 Å². The Morgan fingerprint density at radius 2 is 1.92 bits per heavy atom. The van der Waals surface area contributed by atoms with Gasteiger partial charge in [0.05, 0.1) is 13.0 Å². The summed E-state index contributed by atoms with van der Waals surface area (Å²) in [5.74, 6) is 0.686. The first-order valence-corrected chi connectivity index (χ1v) is 8.48. The molecule has 132 valence electrons. The molecule has 4 nitrogen and oxygen atoms in total. The Balaban J connectivity index is 2.83. The zero-order valence-corrected chi connectivity index (χ0v) is 15.3. The van der Waals surface area contributed by atoms with Gasteiger partial charge in [-0.15, -0.1) is 0 Å². The molecule has 0 aliphatic carbocycles. The molecule has 0 bridgehead atoms. The summed E-state index contributed by atoms with van der Waals surface area (Å²) >= 11 is 0. The van der Waals surface area contributed by atoms with E-state index in [4.69, 9.17) is 9.47 Å². The zero-order chi connectivity index (χ0) is 18.1. The molecule has 0 unspecified atom stereocenters. The Morgan fingerprint density at radius 1 is 1.21 bits per heavy atom. The van der Waals surface area contributed by atoms with Crippen molar-refractivity contribution < 1.29 is 19.1 Å². The predicted octanol–water partition coefficient (Wildman–Crippen LogP) is 4.60. The molecule has 4 heteroatoms. The summed E-state index contributed by atoms with van der Waals surface area (Å²) < 4.78 is 10.7. The minimum absolute atomic E-state index is 0.0413. The average Bonchev–Trinajstić information content (AvgIpc) is 2.53. The van der Waals surface area contributed by atoms with E-state index >= 15 is 0 Å². The third-order valence-electron chi connectivity index (χ3n) is 3.71. The lowest BCUT2D eigenvalue weighted by Crippen LogP contribution is -2.10. The Hall–Kier alpha value is -2.10. The van der Waals surface area contributed by atoms with Crippen LogP contribution in [0.4, 0.5) is 0 Å². The molecule has 1 rings (SSSR count). The molecule has 1 aromatic carbocycles. The largest absolute Gasteiger partial charge is 0.494 e. The van der Waals surface area contributed by atoms with Gasteiger partial charge in [0.25, 0.3) is 0 Å². The first-order valence-electron chi connectivity index (χ1n) is 8.48. The van der Waals surface area contributed by atoms with Gasteiger partial charge >= 0.3 is 5.97 Å². The molecule has 0 atom stereocenters. The lowest BCUT2D eigenvalue weighted by molar-refractivity contribution is -0.142. The number of hydrogen-bond donors (Lipinski definition) is 0. The SMILES string of the molecule is C/C=C/COC(=O)CCC(=O)c1cc(C(C)C)c(OCC)cc1C. The first-order chi connectivity index (χ1) is 11.4. The number of esters is 1. The molecule has 0 radical (unpaired) electrons. The van der Waals surface area contributed by atoms with E-state index in [-0.39, 0.29) is 37.1 Å². The Labute approximate surface area is 144 Å². The normalized spacial score (nSPS) is 11.1. The summed E-state index contributed by atoms with van der Waals surface area (Å²) in [5, 5.41) is 0. The Bertz CT molecular complexity index is 600. The standard InChI is InChI=1S/C20H28O4/c1-6-8-11-24-20(22)10-9-18(21)17-13-16(14(3)4)19(23-7-2)12-15(17)5/h6,8,12-14H,7,9-11H2,1-5H3/b8-6+. The number of ketones is 1. The molecule has 0 aliphatic heterocycles. The highest BCUT2D eigenvalue weighted by Crippen LogP contribution is 2.30. The van der Waals surface area contributed by atoms with Crippen LogP contribution in [0.15, 0.2) is 24.3 Å². The number of hydrogen-bond acceptors (Lipinski definition) is 4. The van der Waals surface area contributed by atoms with E-state index in [1.165, 1.54) is 0 Å². The number of aryl methyl sites for hydroxylation is 1. The summed E-state index contributed by atoms with van der Waals surface area (Å²) in [6.45, 7) is 10.7. The Kier molecular flexibility index (Phi) is 8.24. The molecule has 0 aromatic heterocycles. The van der Waals surface area contributed by atoms with Crippen LogP contribution in [0.5, 0.6) is 5.75 Å². The van der Waals surface area contributed by atoms with E-state index in [9.17, 15) is 9.59 Å². The molecule has 0 N–H and O–H groups in total. The number of ether oxygens (including phenoxy) is 2. The van der Waals surface area contributed by atoms with Crippen LogP contribution in [-0.4, -0.2) is 25.0 Å². The minimum atomic E-state index is -0.353. The average molecular weight is 332 g/mol. The second kappa shape index (κ2) is 9.91. The molecular formula is C20H28O4. The maximum Gasteiger partial charge on any atom is 0.306 e. The lowest BCUT2D eigenvalue weighted by Gasteiger charge is -2.16. The van der Waals surface area contributed by atoms with Gasteiger partial charge in [-0.3, -0.25) is 9.59 Å². The molecule has 0 heterocycles. The van der Waals surface area contributed by atoms with E-state index in [1.54, 1.807) is 6.08 Å². The zero-order valence-electron chi connectivity index (χ0n) is 15.3. The number of Topliss-reactive ketones (excluding diaryl/α,β-unsaturated/α-hetero) is 1. The number of rotatable bonds is 9. The third-order valence-corrected chi connectivity index (χ3v) is 3.71. The van der Waals surface area contributed by atoms with Crippen LogP contribution >= 0.6 is 0 Å². The van der Waals surface area contributed by atoms with Gasteiger partial charge in [-0.1, -0.05) is 26.0 Å². The highest BCUT2D eigenvalue weighted by Gasteiger charge is 2.17. The first kappa shape index (κ1) is 19.9. The van der Waals surface area contributed by atoms with E-state index in [2.05, 4.69) is 13.8 Å². The van der Waals surface area contributed by atoms with E-state index in [0.29, 0.717) is 12.2 Å². The molecule has 0 saturated heterocycles. The fraction of sp³-hybridized carbons (Fsp3) is 0.500. The van der Waals surface area contributed by atoms with Gasteiger partial charge in [0.1, 0.15) is 12.4 Å². The van der Waals surface area contributed by atoms with Gasteiger partial charge in [0.2, 0.25) is 0 Å². The second-order valence-electron chi connectivity index (χ2n) is 5.97. The predicted molar refractivity (Wildman–Crippen MR) is 95.8 cm³/mol. The molecule has 1 aromatic rings. The van der Waals surface area contributed by atoms with Crippen molar-refractivity contribution in [2.45, 2.75) is 53.4 Å². The van der Waals surface area contributed by atoms with Crippen molar-refractivity contribution in [3.63, 3.8) is 0 Å². The molecule has 24 heavy (non-hydrogen) atoms. The minimum Gasteiger partial charge on any atom is -0.494 e. The maximum atomic E-state index is 12.5. The molecule has 0 fully saturated rings. The highest BCUT2D eigenvalue weighted by molar-refractivity contribution is 5.99. The number of carbonyl (C=O) groups excluding carboxylic acids is 2. The van der Waals surface area contributed by atoms with Crippen molar-refractivity contribution >= 4 is 11.8 Å². The molecular weight excluding hydrogens is 304 g/mol. The van der Waals surface area contributed by atoms with Gasteiger partial charge in [0, 0.05) is 12.0 Å². The van der Waals surface area contributed by atoms with Crippen LogP contribution in [0.1, 0.15) is 67.9 Å². The summed E-state index contributed by atoms with van der Waals surface area (Å²) in [6.07, 6.45) is 3.82. The second-order valence-corrected chi connectivity index (χ2v) is 5.97. The van der Waals surface area contributed by atoms with Gasteiger partial charge in [-0.25, -0.2) is 0 Å². The monoisotopic (exact) mass is 332 g/mol. The van der Waals surface area contributed by atoms with Crippen LogP contribution in [0.2, 0.25) is 0 Å². The molecule has 0 spiro atoms. The van der Waals surface area contributed by atoms with Crippen molar-refractivity contribution in [3.05, 3.63) is 41.0 Å². The van der Waals surface area contributed by atoms with Crippen molar-refractivity contribution in [3.8, 4) is 5.75 Å². The van der Waals surface area contributed by atoms with Crippen LogP contribution in [0, 0.1) is 6.92 Å². The van der Waals surface area contributed by atoms with E-state index in [0.717, 1.165) is 16.9 Å².